The van der Waals surface area contributed by atoms with Crippen molar-refractivity contribution in [3.63, 3.8) is 0 Å². The lowest BCUT2D eigenvalue weighted by molar-refractivity contribution is 0.228. The maximum absolute atomic E-state index is 13.5. The zero-order valence-corrected chi connectivity index (χ0v) is 15.7. The van der Waals surface area contributed by atoms with Gasteiger partial charge in [-0.2, -0.15) is 4.68 Å². The SMILES string of the molecule is CCC(O)C#Cc1c(C2CCCC2N)c2cccnc2n(-n2ccnc2)c1=O. The number of fused-ring (bicyclic) bond motifs is 1. The van der Waals surface area contributed by atoms with Crippen LogP contribution in [0.5, 0.6) is 0 Å². The number of imidazole rings is 1. The Labute approximate surface area is 162 Å². The highest BCUT2D eigenvalue weighted by Crippen LogP contribution is 2.37. The van der Waals surface area contributed by atoms with Crippen molar-refractivity contribution in [1.29, 1.82) is 0 Å². The van der Waals surface area contributed by atoms with E-state index in [1.165, 1.54) is 4.68 Å². The van der Waals surface area contributed by atoms with Gasteiger partial charge in [0.15, 0.2) is 5.65 Å². The van der Waals surface area contributed by atoms with Gasteiger partial charge in [-0.3, -0.25) is 4.79 Å². The summed E-state index contributed by atoms with van der Waals surface area (Å²) >= 11 is 0. The second kappa shape index (κ2) is 7.58. The zero-order chi connectivity index (χ0) is 19.7. The van der Waals surface area contributed by atoms with E-state index in [2.05, 4.69) is 21.8 Å². The van der Waals surface area contributed by atoms with E-state index < -0.39 is 6.10 Å². The third-order valence-electron chi connectivity index (χ3n) is 5.37. The predicted octanol–water partition coefficient (Wildman–Crippen LogP) is 1.62. The van der Waals surface area contributed by atoms with Gasteiger partial charge in [0.1, 0.15) is 12.4 Å². The van der Waals surface area contributed by atoms with Crippen molar-refractivity contribution in [3.05, 3.63) is 58.5 Å². The number of pyridine rings is 2. The quantitative estimate of drug-likeness (QED) is 0.676. The second-order valence-corrected chi connectivity index (χ2v) is 7.12. The van der Waals surface area contributed by atoms with E-state index >= 15 is 0 Å². The van der Waals surface area contributed by atoms with Gasteiger partial charge in [0.2, 0.25) is 0 Å². The lowest BCUT2D eigenvalue weighted by Crippen LogP contribution is -2.32. The summed E-state index contributed by atoms with van der Waals surface area (Å²) in [6.45, 7) is 1.85. The zero-order valence-electron chi connectivity index (χ0n) is 15.7. The van der Waals surface area contributed by atoms with Crippen LogP contribution in [0.3, 0.4) is 0 Å². The Balaban J connectivity index is 2.09. The summed E-state index contributed by atoms with van der Waals surface area (Å²) in [6.07, 6.45) is 9.07. The Bertz CT molecular complexity index is 1110. The van der Waals surface area contributed by atoms with Gasteiger partial charge in [0.05, 0.1) is 5.56 Å². The molecule has 144 valence electrons. The minimum atomic E-state index is -0.782. The molecule has 3 unspecified atom stereocenters. The number of aromatic nitrogens is 4. The molecule has 0 radical (unpaired) electrons. The number of hydrogen-bond donors (Lipinski definition) is 2. The van der Waals surface area contributed by atoms with E-state index in [1.807, 2.05) is 19.1 Å². The molecule has 3 aromatic heterocycles. The van der Waals surface area contributed by atoms with Gasteiger partial charge in [-0.25, -0.2) is 14.6 Å². The molecule has 28 heavy (non-hydrogen) atoms. The van der Waals surface area contributed by atoms with Crippen molar-refractivity contribution in [2.45, 2.75) is 50.7 Å². The standard InChI is InChI=1S/C21H23N5O2/c1-2-14(27)8-9-17-19(15-5-3-7-18(15)22)16-6-4-10-24-20(16)26(21(17)28)25-12-11-23-13-25/h4,6,10-15,18,27H,2-3,5,7,22H2,1H3. The topological polar surface area (TPSA) is 99.0 Å². The van der Waals surface area contributed by atoms with Gasteiger partial charge >= 0.3 is 0 Å². The largest absolute Gasteiger partial charge is 0.380 e. The molecule has 3 N–H and O–H groups in total. The minimum Gasteiger partial charge on any atom is -0.380 e. The highest BCUT2D eigenvalue weighted by atomic mass is 16.3. The number of hydrogen-bond acceptors (Lipinski definition) is 5. The molecule has 1 aliphatic rings. The smallest absolute Gasteiger partial charge is 0.287 e. The molecule has 0 saturated heterocycles. The van der Waals surface area contributed by atoms with Crippen molar-refractivity contribution < 1.29 is 5.11 Å². The summed E-state index contributed by atoms with van der Waals surface area (Å²) in [5.41, 5.74) is 7.88. The first-order chi connectivity index (χ1) is 13.6. The predicted molar refractivity (Wildman–Crippen MR) is 107 cm³/mol. The summed E-state index contributed by atoms with van der Waals surface area (Å²) in [7, 11) is 0. The van der Waals surface area contributed by atoms with E-state index in [4.69, 9.17) is 5.73 Å². The average molecular weight is 377 g/mol. The van der Waals surface area contributed by atoms with Crippen molar-refractivity contribution in [3.8, 4) is 11.8 Å². The van der Waals surface area contributed by atoms with E-state index in [0.717, 1.165) is 30.2 Å². The summed E-state index contributed by atoms with van der Waals surface area (Å²) in [5, 5.41) is 10.8. The Hall–Kier alpha value is -2.95. The van der Waals surface area contributed by atoms with Crippen LogP contribution in [0.1, 0.15) is 49.7 Å². The Kier molecular flexibility index (Phi) is 4.99. The molecule has 3 heterocycles. The first kappa shape index (κ1) is 18.4. The molecule has 0 aromatic carbocycles. The van der Waals surface area contributed by atoms with Crippen LogP contribution in [0, 0.1) is 11.8 Å². The van der Waals surface area contributed by atoms with Gasteiger partial charge in [0, 0.05) is 35.9 Å². The molecular formula is C21H23N5O2. The van der Waals surface area contributed by atoms with E-state index in [9.17, 15) is 9.90 Å². The molecule has 7 nitrogen and oxygen atoms in total. The maximum atomic E-state index is 13.5. The monoisotopic (exact) mass is 377 g/mol. The van der Waals surface area contributed by atoms with Crippen LogP contribution in [0.2, 0.25) is 0 Å². The number of aliphatic hydroxyl groups is 1. The number of aliphatic hydroxyl groups excluding tert-OH is 1. The van der Waals surface area contributed by atoms with Crippen molar-refractivity contribution in [2.75, 3.05) is 0 Å². The average Bonchev–Trinajstić information content (AvgIpc) is 3.37. The molecule has 1 saturated carbocycles. The summed E-state index contributed by atoms with van der Waals surface area (Å²) in [5.74, 6) is 5.83. The summed E-state index contributed by atoms with van der Waals surface area (Å²) in [4.78, 5) is 22.1. The van der Waals surface area contributed by atoms with Gasteiger partial charge in [0.25, 0.3) is 5.56 Å². The molecule has 0 amide bonds. The third-order valence-corrected chi connectivity index (χ3v) is 5.37. The summed E-state index contributed by atoms with van der Waals surface area (Å²) < 4.78 is 3.06. The third kappa shape index (κ3) is 3.11. The van der Waals surface area contributed by atoms with E-state index in [1.54, 1.807) is 29.6 Å². The van der Waals surface area contributed by atoms with Crippen molar-refractivity contribution >= 4 is 11.0 Å². The van der Waals surface area contributed by atoms with Crippen LogP contribution in [-0.2, 0) is 0 Å². The molecule has 3 aromatic rings. The fourth-order valence-electron chi connectivity index (χ4n) is 3.92. The highest BCUT2D eigenvalue weighted by Gasteiger charge is 2.31. The van der Waals surface area contributed by atoms with Crippen LogP contribution < -0.4 is 11.3 Å². The fraction of sp³-hybridized carbons (Fsp3) is 0.381. The second-order valence-electron chi connectivity index (χ2n) is 7.12. The molecular weight excluding hydrogens is 354 g/mol. The molecule has 1 fully saturated rings. The van der Waals surface area contributed by atoms with Crippen LogP contribution in [0.4, 0.5) is 0 Å². The molecule has 1 aliphatic carbocycles. The highest BCUT2D eigenvalue weighted by molar-refractivity contribution is 5.82. The van der Waals surface area contributed by atoms with Crippen LogP contribution in [0.15, 0.2) is 41.8 Å². The minimum absolute atomic E-state index is 0.0245. The molecule has 0 aliphatic heterocycles. The Morgan fingerprint density at radius 1 is 1.39 bits per heavy atom. The number of rotatable bonds is 3. The first-order valence-electron chi connectivity index (χ1n) is 9.59. The maximum Gasteiger partial charge on any atom is 0.287 e. The van der Waals surface area contributed by atoms with Gasteiger partial charge in [-0.05, 0) is 37.0 Å². The van der Waals surface area contributed by atoms with Crippen molar-refractivity contribution in [2.24, 2.45) is 5.73 Å². The number of nitrogens with two attached hydrogens (primary N) is 1. The van der Waals surface area contributed by atoms with Crippen molar-refractivity contribution in [1.82, 2.24) is 19.3 Å². The Morgan fingerprint density at radius 2 is 2.25 bits per heavy atom. The molecule has 0 spiro atoms. The molecule has 4 rings (SSSR count). The summed E-state index contributed by atoms with van der Waals surface area (Å²) in [6, 6.07) is 3.79. The lowest BCUT2D eigenvalue weighted by atomic mass is 9.88. The molecule has 3 atom stereocenters. The van der Waals surface area contributed by atoms with Gasteiger partial charge in [-0.1, -0.05) is 25.2 Å². The molecule has 7 heteroatoms. The number of nitrogens with zero attached hydrogens (tertiary/aromatic N) is 4. The van der Waals surface area contributed by atoms with Crippen LogP contribution in [-0.4, -0.2) is 36.6 Å². The first-order valence-corrected chi connectivity index (χ1v) is 9.59. The normalized spacial score (nSPS) is 20.1. The fourth-order valence-corrected chi connectivity index (χ4v) is 3.92. The Morgan fingerprint density at radius 3 is 2.93 bits per heavy atom. The van der Waals surface area contributed by atoms with Crippen LogP contribution in [0.25, 0.3) is 11.0 Å². The van der Waals surface area contributed by atoms with E-state index in [-0.39, 0.29) is 17.5 Å². The molecule has 0 bridgehead atoms. The lowest BCUT2D eigenvalue weighted by Gasteiger charge is -2.21. The van der Waals surface area contributed by atoms with Gasteiger partial charge < -0.3 is 10.8 Å². The van der Waals surface area contributed by atoms with Crippen LogP contribution >= 0.6 is 0 Å². The van der Waals surface area contributed by atoms with Gasteiger partial charge in [-0.15, -0.1) is 0 Å². The van der Waals surface area contributed by atoms with E-state index in [0.29, 0.717) is 17.6 Å².